The number of rotatable bonds is 5. The summed E-state index contributed by atoms with van der Waals surface area (Å²) in [6.45, 7) is 11.9. The van der Waals surface area contributed by atoms with Crippen LogP contribution in [-0.4, -0.2) is 41.8 Å². The molecule has 2 atom stereocenters. The average molecular weight is 298 g/mol. The van der Waals surface area contributed by atoms with E-state index in [9.17, 15) is 4.79 Å². The van der Waals surface area contributed by atoms with Gasteiger partial charge in [0.2, 0.25) is 0 Å². The fourth-order valence-electron chi connectivity index (χ4n) is 2.86. The number of carbonyl (C=O) groups is 1. The minimum Gasteiger partial charge on any atom is -0.444 e. The minimum absolute atomic E-state index is 0.163. The number of hydrogen-bond donors (Lipinski definition) is 1. The molecule has 21 heavy (non-hydrogen) atoms. The summed E-state index contributed by atoms with van der Waals surface area (Å²) in [6.07, 6.45) is 6.72. The monoisotopic (exact) mass is 298 g/mol. The molecule has 0 bridgehead atoms. The lowest BCUT2D eigenvalue weighted by Crippen LogP contribution is -2.40. The topological polar surface area (TPSA) is 41.6 Å². The molecular formula is C17H34N2O2. The van der Waals surface area contributed by atoms with Crippen molar-refractivity contribution in [2.45, 2.75) is 90.8 Å². The first-order valence-corrected chi connectivity index (χ1v) is 8.59. The van der Waals surface area contributed by atoms with Gasteiger partial charge in [0.1, 0.15) is 5.60 Å². The Hall–Kier alpha value is -0.770. The zero-order chi connectivity index (χ0) is 15.9. The summed E-state index contributed by atoms with van der Waals surface area (Å²) in [4.78, 5) is 14.0. The van der Waals surface area contributed by atoms with E-state index in [4.69, 9.17) is 4.74 Å². The standard InChI is InChI=1S/C17H34N2O2/c1-6-9-14(7-2)18-15-10-8-12-19(13-11-15)16(20)21-17(3,4)5/h14-15,18H,6-13H2,1-5H3. The summed E-state index contributed by atoms with van der Waals surface area (Å²) in [7, 11) is 0. The number of likely N-dealkylation sites (tertiary alicyclic amines) is 1. The van der Waals surface area contributed by atoms with Crippen molar-refractivity contribution in [3.63, 3.8) is 0 Å². The van der Waals surface area contributed by atoms with Crippen LogP contribution in [0, 0.1) is 0 Å². The van der Waals surface area contributed by atoms with Crippen LogP contribution in [-0.2, 0) is 4.74 Å². The number of amides is 1. The molecule has 0 saturated carbocycles. The van der Waals surface area contributed by atoms with Gasteiger partial charge in [0.05, 0.1) is 0 Å². The van der Waals surface area contributed by atoms with Crippen LogP contribution in [0.25, 0.3) is 0 Å². The quantitative estimate of drug-likeness (QED) is 0.835. The molecule has 124 valence electrons. The van der Waals surface area contributed by atoms with Crippen molar-refractivity contribution in [3.05, 3.63) is 0 Å². The second-order valence-corrected chi connectivity index (χ2v) is 7.16. The van der Waals surface area contributed by atoms with Crippen LogP contribution in [0.1, 0.15) is 73.1 Å². The molecule has 0 aromatic heterocycles. The van der Waals surface area contributed by atoms with Gasteiger partial charge in [-0.25, -0.2) is 4.79 Å². The molecular weight excluding hydrogens is 264 g/mol. The lowest BCUT2D eigenvalue weighted by molar-refractivity contribution is 0.0256. The zero-order valence-electron chi connectivity index (χ0n) is 14.6. The normalized spacial score (nSPS) is 21.8. The minimum atomic E-state index is -0.407. The van der Waals surface area contributed by atoms with Gasteiger partial charge < -0.3 is 15.0 Å². The van der Waals surface area contributed by atoms with E-state index in [1.165, 1.54) is 19.3 Å². The largest absolute Gasteiger partial charge is 0.444 e. The van der Waals surface area contributed by atoms with Gasteiger partial charge in [-0.05, 0) is 52.9 Å². The van der Waals surface area contributed by atoms with E-state index >= 15 is 0 Å². The predicted octanol–water partition coefficient (Wildman–Crippen LogP) is 3.94. The van der Waals surface area contributed by atoms with Crippen LogP contribution in [0.2, 0.25) is 0 Å². The van der Waals surface area contributed by atoms with Crippen molar-refractivity contribution in [1.82, 2.24) is 10.2 Å². The number of nitrogens with zero attached hydrogens (tertiary/aromatic N) is 1. The van der Waals surface area contributed by atoms with Crippen molar-refractivity contribution in [2.75, 3.05) is 13.1 Å². The summed E-state index contributed by atoms with van der Waals surface area (Å²) in [6, 6.07) is 1.15. The number of carbonyl (C=O) groups excluding carboxylic acids is 1. The Bertz CT molecular complexity index is 312. The highest BCUT2D eigenvalue weighted by Crippen LogP contribution is 2.16. The molecule has 0 aromatic rings. The van der Waals surface area contributed by atoms with Gasteiger partial charge >= 0.3 is 6.09 Å². The smallest absolute Gasteiger partial charge is 0.410 e. The van der Waals surface area contributed by atoms with Crippen LogP contribution >= 0.6 is 0 Å². The maximum atomic E-state index is 12.1. The van der Waals surface area contributed by atoms with Crippen LogP contribution in [0.15, 0.2) is 0 Å². The first-order valence-electron chi connectivity index (χ1n) is 8.59. The first kappa shape index (κ1) is 18.3. The molecule has 1 fully saturated rings. The van der Waals surface area contributed by atoms with E-state index in [1.807, 2.05) is 25.7 Å². The summed E-state index contributed by atoms with van der Waals surface area (Å²) >= 11 is 0. The SMILES string of the molecule is CCCC(CC)NC1CCCN(C(=O)OC(C)(C)C)CC1. The van der Waals surface area contributed by atoms with E-state index in [0.29, 0.717) is 12.1 Å². The van der Waals surface area contributed by atoms with Gasteiger partial charge in [-0.15, -0.1) is 0 Å². The van der Waals surface area contributed by atoms with Gasteiger partial charge in [-0.3, -0.25) is 0 Å². The molecule has 1 saturated heterocycles. The van der Waals surface area contributed by atoms with Crippen LogP contribution < -0.4 is 5.32 Å². The molecule has 4 nitrogen and oxygen atoms in total. The molecule has 1 rings (SSSR count). The van der Waals surface area contributed by atoms with Gasteiger partial charge in [0, 0.05) is 25.2 Å². The molecule has 0 aromatic carbocycles. The van der Waals surface area contributed by atoms with E-state index in [-0.39, 0.29) is 6.09 Å². The van der Waals surface area contributed by atoms with E-state index in [0.717, 1.165) is 32.4 Å². The Labute approximate surface area is 130 Å². The Kier molecular flexibility index (Phi) is 7.50. The molecule has 1 N–H and O–H groups in total. The molecule has 2 unspecified atom stereocenters. The van der Waals surface area contributed by atoms with Crippen molar-refractivity contribution < 1.29 is 9.53 Å². The molecule has 4 heteroatoms. The maximum absolute atomic E-state index is 12.1. The molecule has 1 amide bonds. The third-order valence-corrected chi connectivity index (χ3v) is 3.98. The first-order chi connectivity index (χ1) is 9.85. The van der Waals surface area contributed by atoms with Crippen molar-refractivity contribution in [3.8, 4) is 0 Å². The van der Waals surface area contributed by atoms with Crippen LogP contribution in [0.3, 0.4) is 0 Å². The van der Waals surface area contributed by atoms with E-state index < -0.39 is 5.60 Å². The lowest BCUT2D eigenvalue weighted by Gasteiger charge is -2.27. The summed E-state index contributed by atoms with van der Waals surface area (Å²) in [5.74, 6) is 0. The highest BCUT2D eigenvalue weighted by atomic mass is 16.6. The molecule has 0 aliphatic carbocycles. The Morgan fingerprint density at radius 3 is 2.57 bits per heavy atom. The van der Waals surface area contributed by atoms with Crippen molar-refractivity contribution in [1.29, 1.82) is 0 Å². The summed E-state index contributed by atoms with van der Waals surface area (Å²) in [5.41, 5.74) is -0.407. The second-order valence-electron chi connectivity index (χ2n) is 7.16. The van der Waals surface area contributed by atoms with Gasteiger partial charge in [-0.1, -0.05) is 20.3 Å². The highest BCUT2D eigenvalue weighted by molar-refractivity contribution is 5.68. The highest BCUT2D eigenvalue weighted by Gasteiger charge is 2.25. The summed E-state index contributed by atoms with van der Waals surface area (Å²) in [5, 5.41) is 3.78. The third-order valence-electron chi connectivity index (χ3n) is 3.98. The van der Waals surface area contributed by atoms with Crippen molar-refractivity contribution >= 4 is 6.09 Å². The molecule has 0 radical (unpaired) electrons. The van der Waals surface area contributed by atoms with E-state index in [2.05, 4.69) is 19.2 Å². The fourth-order valence-corrected chi connectivity index (χ4v) is 2.86. The van der Waals surface area contributed by atoms with E-state index in [1.54, 1.807) is 0 Å². The Morgan fingerprint density at radius 1 is 1.29 bits per heavy atom. The van der Waals surface area contributed by atoms with Crippen LogP contribution in [0.4, 0.5) is 4.79 Å². The average Bonchev–Trinajstić information content (AvgIpc) is 2.62. The fraction of sp³-hybridized carbons (Fsp3) is 0.941. The number of hydrogen-bond acceptors (Lipinski definition) is 3. The number of nitrogens with one attached hydrogen (secondary N) is 1. The van der Waals surface area contributed by atoms with Gasteiger partial charge in [0.15, 0.2) is 0 Å². The van der Waals surface area contributed by atoms with Gasteiger partial charge in [0.25, 0.3) is 0 Å². The molecule has 0 spiro atoms. The third kappa shape index (κ3) is 7.16. The second kappa shape index (κ2) is 8.62. The van der Waals surface area contributed by atoms with Gasteiger partial charge in [-0.2, -0.15) is 0 Å². The maximum Gasteiger partial charge on any atom is 0.410 e. The Balaban J connectivity index is 2.44. The number of ether oxygens (including phenoxy) is 1. The summed E-state index contributed by atoms with van der Waals surface area (Å²) < 4.78 is 5.48. The molecule has 1 aliphatic heterocycles. The predicted molar refractivity (Wildman–Crippen MR) is 87.6 cm³/mol. The van der Waals surface area contributed by atoms with Crippen molar-refractivity contribution in [2.24, 2.45) is 0 Å². The Morgan fingerprint density at radius 2 is 2.00 bits per heavy atom. The zero-order valence-corrected chi connectivity index (χ0v) is 14.6. The molecule has 1 heterocycles. The lowest BCUT2D eigenvalue weighted by atomic mass is 10.0. The van der Waals surface area contributed by atoms with Crippen LogP contribution in [0.5, 0.6) is 0 Å². The molecule has 1 aliphatic rings.